The quantitative estimate of drug-likeness (QED) is 0.252. The molecule has 3 atom stereocenters. The number of nitrogens with zero attached hydrogens (tertiary/aromatic N) is 2. The first kappa shape index (κ1) is 30.3. The van der Waals surface area contributed by atoms with Gasteiger partial charge in [0.1, 0.15) is 11.8 Å². The molecule has 3 heterocycles. The molecule has 14 heteroatoms. The smallest absolute Gasteiger partial charge is 0.414 e. The number of ether oxygens (including phenoxy) is 5. The number of aliphatic hydroxyl groups is 1. The van der Waals surface area contributed by atoms with E-state index in [2.05, 4.69) is 26.2 Å². The lowest BCUT2D eigenvalue weighted by molar-refractivity contribution is -0.149. The SMILES string of the molecule is COC(=O)[C@]1(C)Nc2c(OC(=O)N(C)C)cc3c(c2[C@H]1O)[C@H](CBr)CN3C(=O)c1cc2cc(OC)c(OC)c(OC)c2[nH]1. The maximum absolute atomic E-state index is 14.2. The van der Waals surface area contributed by atoms with Crippen LogP contribution in [-0.4, -0.2) is 92.9 Å². The van der Waals surface area contributed by atoms with Gasteiger partial charge in [0.2, 0.25) is 5.75 Å². The minimum absolute atomic E-state index is 0.0555. The molecule has 0 saturated heterocycles. The molecule has 0 saturated carbocycles. The third-order valence-corrected chi connectivity index (χ3v) is 8.69. The average molecular weight is 662 g/mol. The molecule has 3 aromatic rings. The number of alkyl halides is 1. The highest BCUT2D eigenvalue weighted by Gasteiger charge is 2.53. The van der Waals surface area contributed by atoms with E-state index in [9.17, 15) is 19.5 Å². The summed E-state index contributed by atoms with van der Waals surface area (Å²) in [5.41, 5.74) is 0.966. The number of rotatable bonds is 7. The van der Waals surface area contributed by atoms with Crippen molar-refractivity contribution in [3.05, 3.63) is 35.0 Å². The number of halogens is 1. The number of esters is 1. The minimum Gasteiger partial charge on any atom is -0.493 e. The summed E-state index contributed by atoms with van der Waals surface area (Å²) in [4.78, 5) is 45.6. The van der Waals surface area contributed by atoms with Gasteiger partial charge >= 0.3 is 12.1 Å². The first-order chi connectivity index (χ1) is 20.4. The topological polar surface area (TPSA) is 152 Å². The molecule has 2 aliphatic heterocycles. The minimum atomic E-state index is -1.56. The number of fused-ring (bicyclic) bond motifs is 4. The Morgan fingerprint density at radius 1 is 1.05 bits per heavy atom. The van der Waals surface area contributed by atoms with Crippen LogP contribution in [0.1, 0.15) is 40.6 Å². The van der Waals surface area contributed by atoms with E-state index in [1.165, 1.54) is 54.4 Å². The molecule has 13 nitrogen and oxygen atoms in total. The summed E-state index contributed by atoms with van der Waals surface area (Å²) in [5.74, 6) is -0.0863. The average Bonchev–Trinajstić information content (AvgIpc) is 3.67. The Morgan fingerprint density at radius 3 is 2.33 bits per heavy atom. The fourth-order valence-electron chi connectivity index (χ4n) is 5.74. The van der Waals surface area contributed by atoms with Crippen molar-refractivity contribution in [1.82, 2.24) is 9.88 Å². The van der Waals surface area contributed by atoms with Crippen LogP contribution in [0.15, 0.2) is 18.2 Å². The van der Waals surface area contributed by atoms with E-state index in [-0.39, 0.29) is 35.5 Å². The predicted octanol–water partition coefficient (Wildman–Crippen LogP) is 3.78. The summed E-state index contributed by atoms with van der Waals surface area (Å²) in [6, 6.07) is 5.01. The van der Waals surface area contributed by atoms with Crippen LogP contribution in [0.3, 0.4) is 0 Å². The second-order valence-electron chi connectivity index (χ2n) is 10.6. The molecule has 0 unspecified atom stereocenters. The Bertz CT molecular complexity index is 1640. The number of methoxy groups -OCH3 is 4. The van der Waals surface area contributed by atoms with Crippen molar-refractivity contribution in [2.45, 2.75) is 24.5 Å². The maximum Gasteiger partial charge on any atom is 0.414 e. The number of aromatic amines is 1. The molecular weight excluding hydrogens is 628 g/mol. The molecule has 0 radical (unpaired) electrons. The molecule has 5 rings (SSSR count). The van der Waals surface area contributed by atoms with Gasteiger partial charge in [0.05, 0.1) is 45.3 Å². The van der Waals surface area contributed by atoms with Crippen LogP contribution in [0.2, 0.25) is 0 Å². The van der Waals surface area contributed by atoms with Crippen molar-refractivity contribution in [2.24, 2.45) is 0 Å². The Morgan fingerprint density at radius 2 is 1.74 bits per heavy atom. The summed E-state index contributed by atoms with van der Waals surface area (Å²) in [6.07, 6.45) is -2.04. The van der Waals surface area contributed by atoms with Gasteiger partial charge in [-0.15, -0.1) is 0 Å². The highest BCUT2D eigenvalue weighted by molar-refractivity contribution is 9.09. The summed E-state index contributed by atoms with van der Waals surface area (Å²) in [7, 11) is 8.79. The number of H-pyrrole nitrogens is 1. The van der Waals surface area contributed by atoms with Gasteiger partial charge in [0, 0.05) is 48.9 Å². The van der Waals surface area contributed by atoms with Gasteiger partial charge in [-0.25, -0.2) is 9.59 Å². The van der Waals surface area contributed by atoms with Gasteiger partial charge in [-0.05, 0) is 24.6 Å². The van der Waals surface area contributed by atoms with Crippen LogP contribution < -0.4 is 29.2 Å². The van der Waals surface area contributed by atoms with E-state index in [1.807, 2.05) is 0 Å². The highest BCUT2D eigenvalue weighted by Crippen LogP contribution is 2.55. The van der Waals surface area contributed by atoms with E-state index in [1.54, 1.807) is 23.1 Å². The lowest BCUT2D eigenvalue weighted by Crippen LogP contribution is -2.45. The Hall–Kier alpha value is -4.17. The van der Waals surface area contributed by atoms with Gasteiger partial charge in [-0.2, -0.15) is 0 Å². The number of benzene rings is 2. The van der Waals surface area contributed by atoms with Crippen LogP contribution in [0.4, 0.5) is 16.2 Å². The van der Waals surface area contributed by atoms with Crippen LogP contribution in [0.5, 0.6) is 23.0 Å². The zero-order valence-electron chi connectivity index (χ0n) is 24.8. The molecule has 230 valence electrons. The van der Waals surface area contributed by atoms with Gasteiger partial charge in [0.25, 0.3) is 5.91 Å². The zero-order valence-corrected chi connectivity index (χ0v) is 26.4. The predicted molar refractivity (Wildman–Crippen MR) is 161 cm³/mol. The molecule has 2 aliphatic rings. The van der Waals surface area contributed by atoms with Gasteiger partial charge < -0.3 is 48.9 Å². The van der Waals surface area contributed by atoms with E-state index in [0.29, 0.717) is 50.3 Å². The molecule has 2 aromatic carbocycles. The summed E-state index contributed by atoms with van der Waals surface area (Å²) < 4.78 is 27.2. The van der Waals surface area contributed by atoms with E-state index >= 15 is 0 Å². The van der Waals surface area contributed by atoms with Crippen molar-refractivity contribution in [3.63, 3.8) is 0 Å². The third-order valence-electron chi connectivity index (χ3n) is 7.91. The number of amides is 2. The number of carbonyl (C=O) groups is 3. The molecular formula is C29H33BrN4O9. The lowest BCUT2D eigenvalue weighted by Gasteiger charge is -2.26. The second kappa shape index (κ2) is 11.2. The van der Waals surface area contributed by atoms with Crippen molar-refractivity contribution >= 4 is 56.2 Å². The number of aliphatic hydroxyl groups excluding tert-OH is 1. The fourth-order valence-corrected chi connectivity index (χ4v) is 6.26. The molecule has 2 amide bonds. The zero-order chi connectivity index (χ0) is 31.4. The largest absolute Gasteiger partial charge is 0.493 e. The maximum atomic E-state index is 14.2. The molecule has 3 N–H and O–H groups in total. The van der Waals surface area contributed by atoms with Crippen LogP contribution >= 0.6 is 15.9 Å². The summed E-state index contributed by atoms with van der Waals surface area (Å²) in [6.45, 7) is 1.76. The molecule has 0 fully saturated rings. The fraction of sp³-hybridized carbons (Fsp3) is 0.414. The molecule has 43 heavy (non-hydrogen) atoms. The number of nitrogens with one attached hydrogen (secondary N) is 2. The number of hydrogen-bond donors (Lipinski definition) is 3. The van der Waals surface area contributed by atoms with Crippen LogP contribution in [0, 0.1) is 0 Å². The van der Waals surface area contributed by atoms with Gasteiger partial charge in [-0.3, -0.25) is 4.79 Å². The van der Waals surface area contributed by atoms with E-state index in [4.69, 9.17) is 23.7 Å². The van der Waals surface area contributed by atoms with Crippen molar-refractivity contribution < 1.29 is 43.2 Å². The Balaban J connectivity index is 1.67. The monoisotopic (exact) mass is 660 g/mol. The Kier molecular flexibility index (Phi) is 7.86. The molecule has 0 spiro atoms. The van der Waals surface area contributed by atoms with Gasteiger partial charge in [0.15, 0.2) is 22.8 Å². The summed E-state index contributed by atoms with van der Waals surface area (Å²) >= 11 is 3.56. The number of aromatic nitrogens is 1. The number of hydrogen-bond acceptors (Lipinski definition) is 10. The van der Waals surface area contributed by atoms with E-state index < -0.39 is 23.7 Å². The normalized spacial score (nSPS) is 20.3. The first-order valence-electron chi connectivity index (χ1n) is 13.3. The highest BCUT2D eigenvalue weighted by atomic mass is 79.9. The van der Waals surface area contributed by atoms with Crippen molar-refractivity contribution in [2.75, 3.05) is 64.6 Å². The molecule has 1 aromatic heterocycles. The summed E-state index contributed by atoms with van der Waals surface area (Å²) in [5, 5.41) is 15.7. The van der Waals surface area contributed by atoms with Crippen LogP contribution in [0.25, 0.3) is 10.9 Å². The standard InChI is InChI=1S/C29H33BrN4O9/c1-29(27(37)42-7)25(35)20-19-14(11-30)12-34(16(19)10-17(22(20)32-29)43-28(38)33(2)3)26(36)15-8-13-9-18(39-4)23(40-5)24(41-6)21(13)31-15/h8-10,14,25,31-32,35H,11-12H2,1-7H3/t14-,25-,29-/m1/s1. The number of carbonyl (C=O) groups excluding carboxylic acids is 3. The van der Waals surface area contributed by atoms with Crippen molar-refractivity contribution in [3.8, 4) is 23.0 Å². The molecule has 0 aliphatic carbocycles. The second-order valence-corrected chi connectivity index (χ2v) is 11.3. The van der Waals surface area contributed by atoms with Gasteiger partial charge in [-0.1, -0.05) is 15.9 Å². The van der Waals surface area contributed by atoms with E-state index in [0.717, 1.165) is 0 Å². The lowest BCUT2D eigenvalue weighted by atomic mass is 9.88. The number of anilines is 2. The Labute approximate surface area is 256 Å². The van der Waals surface area contributed by atoms with Crippen molar-refractivity contribution in [1.29, 1.82) is 0 Å². The third kappa shape index (κ3) is 4.59. The molecule has 0 bridgehead atoms. The first-order valence-corrected chi connectivity index (χ1v) is 14.4. The van der Waals surface area contributed by atoms with Crippen LogP contribution in [-0.2, 0) is 9.53 Å².